The number of pyridine rings is 1. The topological polar surface area (TPSA) is 107 Å². The van der Waals surface area contributed by atoms with Crippen molar-refractivity contribution in [3.63, 3.8) is 0 Å². The van der Waals surface area contributed by atoms with Crippen LogP contribution in [0, 0.1) is 18.8 Å². The zero-order valence-corrected chi connectivity index (χ0v) is 21.7. The van der Waals surface area contributed by atoms with Crippen LogP contribution in [0.4, 0.5) is 0 Å². The van der Waals surface area contributed by atoms with Gasteiger partial charge < -0.3 is 5.32 Å². The molecule has 6 aromatic rings. The van der Waals surface area contributed by atoms with E-state index in [1.165, 1.54) is 4.57 Å². The summed E-state index contributed by atoms with van der Waals surface area (Å²) < 4.78 is 3.22. The molecule has 2 aromatic carbocycles. The van der Waals surface area contributed by atoms with Crippen molar-refractivity contribution in [1.82, 2.24) is 34.2 Å². The molecule has 1 amide bonds. The monoisotopic (exact) mass is 525 g/mol. The van der Waals surface area contributed by atoms with Gasteiger partial charge in [0.15, 0.2) is 5.65 Å². The number of imidazole rings is 1. The number of amides is 1. The van der Waals surface area contributed by atoms with E-state index in [0.29, 0.717) is 44.9 Å². The van der Waals surface area contributed by atoms with Crippen LogP contribution in [0.2, 0.25) is 0 Å². The molecule has 1 unspecified atom stereocenters. The zero-order valence-electron chi connectivity index (χ0n) is 21.7. The van der Waals surface area contributed by atoms with Gasteiger partial charge >= 0.3 is 0 Å². The first-order chi connectivity index (χ1) is 19.5. The van der Waals surface area contributed by atoms with Gasteiger partial charge in [-0.25, -0.2) is 15.0 Å². The molecule has 0 saturated heterocycles. The number of carbonyl (C=O) groups is 1. The van der Waals surface area contributed by atoms with Crippen molar-refractivity contribution in [3.8, 4) is 17.5 Å². The molecule has 4 aromatic heterocycles. The van der Waals surface area contributed by atoms with Gasteiger partial charge in [-0.05, 0) is 50.2 Å². The minimum absolute atomic E-state index is 0.281. The van der Waals surface area contributed by atoms with Crippen molar-refractivity contribution < 1.29 is 4.79 Å². The van der Waals surface area contributed by atoms with Crippen molar-refractivity contribution in [2.75, 3.05) is 0 Å². The summed E-state index contributed by atoms with van der Waals surface area (Å²) in [5, 5.41) is 3.40. The van der Waals surface area contributed by atoms with Crippen LogP contribution in [0.5, 0.6) is 0 Å². The highest BCUT2D eigenvalue weighted by atomic mass is 16.2. The highest BCUT2D eigenvalue weighted by Gasteiger charge is 2.23. The normalized spacial score (nSPS) is 11.7. The molecule has 6 rings (SSSR count). The van der Waals surface area contributed by atoms with Crippen LogP contribution in [0.15, 0.2) is 96.6 Å². The molecule has 9 heteroatoms. The molecule has 1 atom stereocenters. The van der Waals surface area contributed by atoms with Crippen LogP contribution in [0.1, 0.15) is 46.0 Å². The standard InChI is InChI=1S/C31H23N7O2/c1-20-26(29-33-16-17-37(29)19-34-20)30(39)35-21(2)28-36-25-12-6-9-23(14-13-22-8-7-15-32-18-22)27(25)31(40)38(28)24-10-4-3-5-11-24/h3-12,15-19,21H,1-2H3,(H,35,39). The molecule has 0 aliphatic carbocycles. The molecule has 0 fully saturated rings. The van der Waals surface area contributed by atoms with E-state index in [1.54, 1.807) is 61.5 Å². The first kappa shape index (κ1) is 24.7. The highest BCUT2D eigenvalue weighted by Crippen LogP contribution is 2.21. The zero-order chi connectivity index (χ0) is 27.6. The maximum atomic E-state index is 14.1. The average Bonchev–Trinajstić information content (AvgIpc) is 3.45. The smallest absolute Gasteiger partial charge is 0.267 e. The molecule has 0 bridgehead atoms. The van der Waals surface area contributed by atoms with Crippen molar-refractivity contribution in [2.24, 2.45) is 0 Å². The van der Waals surface area contributed by atoms with Gasteiger partial charge in [-0.2, -0.15) is 0 Å². The number of benzene rings is 2. The van der Waals surface area contributed by atoms with Gasteiger partial charge in [0.05, 0.1) is 28.3 Å². The van der Waals surface area contributed by atoms with Gasteiger partial charge in [-0.15, -0.1) is 0 Å². The summed E-state index contributed by atoms with van der Waals surface area (Å²) in [5.74, 6) is 6.22. The van der Waals surface area contributed by atoms with Crippen LogP contribution < -0.4 is 10.9 Å². The lowest BCUT2D eigenvalue weighted by Gasteiger charge is -2.20. The molecule has 40 heavy (non-hydrogen) atoms. The third-order valence-electron chi connectivity index (χ3n) is 6.53. The second kappa shape index (κ2) is 10.3. The van der Waals surface area contributed by atoms with E-state index in [0.717, 1.165) is 5.56 Å². The van der Waals surface area contributed by atoms with Gasteiger partial charge in [-0.1, -0.05) is 36.1 Å². The Morgan fingerprint density at radius 1 is 0.975 bits per heavy atom. The lowest BCUT2D eigenvalue weighted by Crippen LogP contribution is -2.34. The number of nitrogens with zero attached hydrogens (tertiary/aromatic N) is 6. The van der Waals surface area contributed by atoms with Gasteiger partial charge in [-0.3, -0.25) is 23.5 Å². The molecule has 1 N–H and O–H groups in total. The lowest BCUT2D eigenvalue weighted by atomic mass is 10.1. The van der Waals surface area contributed by atoms with Crippen LogP contribution >= 0.6 is 0 Å². The summed E-state index contributed by atoms with van der Waals surface area (Å²) in [4.78, 5) is 45.3. The Kier molecular flexibility index (Phi) is 6.34. The molecule has 0 saturated carbocycles. The van der Waals surface area contributed by atoms with Crippen molar-refractivity contribution in [3.05, 3.63) is 130 Å². The van der Waals surface area contributed by atoms with Crippen molar-refractivity contribution in [1.29, 1.82) is 0 Å². The number of aromatic nitrogens is 6. The van der Waals surface area contributed by atoms with Gasteiger partial charge in [0.25, 0.3) is 11.5 Å². The molecular weight excluding hydrogens is 502 g/mol. The summed E-state index contributed by atoms with van der Waals surface area (Å²) in [6.45, 7) is 3.56. The Morgan fingerprint density at radius 3 is 2.62 bits per heavy atom. The molecule has 0 spiro atoms. The third kappa shape index (κ3) is 4.48. The predicted molar refractivity (Wildman–Crippen MR) is 151 cm³/mol. The van der Waals surface area contributed by atoms with Crippen molar-refractivity contribution in [2.45, 2.75) is 19.9 Å². The Morgan fingerprint density at radius 2 is 1.82 bits per heavy atom. The Labute approximate surface area is 229 Å². The van der Waals surface area contributed by atoms with E-state index < -0.39 is 6.04 Å². The molecular formula is C31H23N7O2. The number of aryl methyl sites for hydroxylation is 1. The lowest BCUT2D eigenvalue weighted by molar-refractivity contribution is 0.0938. The average molecular weight is 526 g/mol. The number of nitrogens with one attached hydrogen (secondary N) is 1. The van der Waals surface area contributed by atoms with E-state index >= 15 is 0 Å². The largest absolute Gasteiger partial charge is 0.342 e. The summed E-state index contributed by atoms with van der Waals surface area (Å²) in [6, 6.07) is 17.7. The third-order valence-corrected chi connectivity index (χ3v) is 6.53. The van der Waals surface area contributed by atoms with Crippen LogP contribution in [0.3, 0.4) is 0 Å². The Balaban J connectivity index is 1.48. The van der Waals surface area contributed by atoms with Gasteiger partial charge in [0.1, 0.15) is 17.7 Å². The summed E-state index contributed by atoms with van der Waals surface area (Å²) in [5.41, 5.74) is 3.53. The maximum absolute atomic E-state index is 14.1. The molecule has 0 radical (unpaired) electrons. The van der Waals surface area contributed by atoms with E-state index in [9.17, 15) is 9.59 Å². The maximum Gasteiger partial charge on any atom is 0.267 e. The van der Waals surface area contributed by atoms with E-state index in [4.69, 9.17) is 4.98 Å². The molecule has 194 valence electrons. The van der Waals surface area contributed by atoms with Crippen LogP contribution in [-0.2, 0) is 0 Å². The van der Waals surface area contributed by atoms with Gasteiger partial charge in [0.2, 0.25) is 0 Å². The highest BCUT2D eigenvalue weighted by molar-refractivity contribution is 6.01. The number of hydrogen-bond donors (Lipinski definition) is 1. The second-order valence-corrected chi connectivity index (χ2v) is 9.20. The Hall–Kier alpha value is -5.62. The quantitative estimate of drug-likeness (QED) is 0.349. The van der Waals surface area contributed by atoms with E-state index in [2.05, 4.69) is 32.1 Å². The molecule has 0 aliphatic rings. The number of fused-ring (bicyclic) bond motifs is 2. The number of rotatable bonds is 4. The summed E-state index contributed by atoms with van der Waals surface area (Å²) >= 11 is 0. The first-order valence-corrected chi connectivity index (χ1v) is 12.6. The number of hydrogen-bond acceptors (Lipinski definition) is 6. The van der Waals surface area contributed by atoms with Crippen LogP contribution in [-0.4, -0.2) is 34.8 Å². The molecule has 0 aliphatic heterocycles. The van der Waals surface area contributed by atoms with Crippen molar-refractivity contribution >= 4 is 22.5 Å². The second-order valence-electron chi connectivity index (χ2n) is 9.20. The number of para-hydroxylation sites is 1. The summed E-state index contributed by atoms with van der Waals surface area (Å²) in [7, 11) is 0. The molecule has 9 nitrogen and oxygen atoms in total. The van der Waals surface area contributed by atoms with Gasteiger partial charge in [0, 0.05) is 35.9 Å². The minimum atomic E-state index is -0.635. The predicted octanol–water partition coefficient (Wildman–Crippen LogP) is 4.02. The summed E-state index contributed by atoms with van der Waals surface area (Å²) in [6.07, 6.45) is 8.31. The first-order valence-electron chi connectivity index (χ1n) is 12.6. The minimum Gasteiger partial charge on any atom is -0.342 e. The Bertz CT molecular complexity index is 2000. The fourth-order valence-electron chi connectivity index (χ4n) is 4.62. The SMILES string of the molecule is Cc1ncn2ccnc2c1C(=O)NC(C)c1nc2cccc(C#Cc3cccnc3)c2c(=O)n1-c1ccccc1. The van der Waals surface area contributed by atoms with E-state index in [1.807, 2.05) is 48.5 Å². The number of carbonyl (C=O) groups excluding carboxylic acids is 1. The van der Waals surface area contributed by atoms with E-state index in [-0.39, 0.29) is 11.5 Å². The van der Waals surface area contributed by atoms with Crippen LogP contribution in [0.25, 0.3) is 22.2 Å². The molecule has 4 heterocycles. The fourth-order valence-corrected chi connectivity index (χ4v) is 4.62. The fraction of sp³-hybridized carbons (Fsp3) is 0.0968.